The normalized spacial score (nSPS) is 11.0. The van der Waals surface area contributed by atoms with Gasteiger partial charge in [0, 0.05) is 17.7 Å². The van der Waals surface area contributed by atoms with Gasteiger partial charge in [-0.2, -0.15) is 0 Å². The summed E-state index contributed by atoms with van der Waals surface area (Å²) in [5, 5.41) is 17.2. The SMILES string of the molecule is OCC=Cc1c(F)cc(O)cc1F. The van der Waals surface area contributed by atoms with E-state index in [1.54, 1.807) is 0 Å². The van der Waals surface area contributed by atoms with E-state index in [2.05, 4.69) is 0 Å². The van der Waals surface area contributed by atoms with Crippen LogP contribution in [-0.2, 0) is 0 Å². The van der Waals surface area contributed by atoms with Crippen molar-refractivity contribution in [2.75, 3.05) is 6.61 Å². The van der Waals surface area contributed by atoms with Crippen LogP contribution < -0.4 is 0 Å². The van der Waals surface area contributed by atoms with E-state index >= 15 is 0 Å². The molecule has 2 N–H and O–H groups in total. The van der Waals surface area contributed by atoms with Crippen LogP contribution in [0.3, 0.4) is 0 Å². The van der Waals surface area contributed by atoms with Gasteiger partial charge in [0.05, 0.1) is 6.61 Å². The minimum atomic E-state index is -0.859. The molecule has 0 saturated heterocycles. The van der Waals surface area contributed by atoms with Crippen LogP contribution >= 0.6 is 0 Å². The molecule has 0 amide bonds. The summed E-state index contributed by atoms with van der Waals surface area (Å²) in [4.78, 5) is 0. The maximum Gasteiger partial charge on any atom is 0.137 e. The monoisotopic (exact) mass is 186 g/mol. The first-order chi connectivity index (χ1) is 6.15. The third-order valence-corrected chi connectivity index (χ3v) is 1.45. The summed E-state index contributed by atoms with van der Waals surface area (Å²) in [6.45, 7) is -0.292. The number of halogens is 2. The number of hydrogen-bond donors (Lipinski definition) is 2. The predicted octanol–water partition coefficient (Wildman–Crippen LogP) is 1.68. The van der Waals surface area contributed by atoms with E-state index < -0.39 is 17.4 Å². The van der Waals surface area contributed by atoms with Crippen molar-refractivity contribution >= 4 is 6.08 Å². The molecule has 0 fully saturated rings. The zero-order chi connectivity index (χ0) is 9.84. The van der Waals surface area contributed by atoms with E-state index in [0.29, 0.717) is 0 Å². The average molecular weight is 186 g/mol. The highest BCUT2D eigenvalue weighted by Gasteiger charge is 2.07. The van der Waals surface area contributed by atoms with Crippen LogP contribution in [0, 0.1) is 11.6 Å². The molecule has 0 aliphatic carbocycles. The maximum atomic E-state index is 12.9. The van der Waals surface area contributed by atoms with Crippen molar-refractivity contribution in [3.05, 3.63) is 35.4 Å². The van der Waals surface area contributed by atoms with Gasteiger partial charge in [0.15, 0.2) is 0 Å². The van der Waals surface area contributed by atoms with E-state index in [-0.39, 0.29) is 12.2 Å². The maximum absolute atomic E-state index is 12.9. The Morgan fingerprint density at radius 3 is 2.23 bits per heavy atom. The minimum Gasteiger partial charge on any atom is -0.508 e. The van der Waals surface area contributed by atoms with Crippen molar-refractivity contribution in [2.45, 2.75) is 0 Å². The van der Waals surface area contributed by atoms with Gasteiger partial charge in [0.25, 0.3) is 0 Å². The van der Waals surface area contributed by atoms with E-state index in [1.807, 2.05) is 0 Å². The second-order valence-corrected chi connectivity index (χ2v) is 2.41. The topological polar surface area (TPSA) is 40.5 Å². The summed E-state index contributed by atoms with van der Waals surface area (Å²) in [5.41, 5.74) is -0.271. The van der Waals surface area contributed by atoms with Crippen LogP contribution in [0.1, 0.15) is 5.56 Å². The Balaban J connectivity index is 3.13. The highest BCUT2D eigenvalue weighted by atomic mass is 19.1. The average Bonchev–Trinajstić information content (AvgIpc) is 2.02. The van der Waals surface area contributed by atoms with Gasteiger partial charge in [-0.05, 0) is 0 Å². The van der Waals surface area contributed by atoms with E-state index in [1.165, 1.54) is 6.08 Å². The fraction of sp³-hybridized carbons (Fsp3) is 0.111. The highest BCUT2D eigenvalue weighted by molar-refractivity contribution is 5.52. The first kappa shape index (κ1) is 9.67. The lowest BCUT2D eigenvalue weighted by molar-refractivity contribution is 0.343. The molecular formula is C9H8F2O2. The molecular weight excluding hydrogens is 178 g/mol. The lowest BCUT2D eigenvalue weighted by Gasteiger charge is -1.99. The van der Waals surface area contributed by atoms with E-state index in [0.717, 1.165) is 18.2 Å². The molecule has 0 saturated carbocycles. The number of aliphatic hydroxyl groups is 1. The molecule has 0 heterocycles. The van der Waals surface area contributed by atoms with Crippen LogP contribution in [0.25, 0.3) is 6.08 Å². The quantitative estimate of drug-likeness (QED) is 0.737. The molecule has 0 spiro atoms. The van der Waals surface area contributed by atoms with Crippen molar-refractivity contribution in [3.8, 4) is 5.75 Å². The number of aliphatic hydroxyl groups excluding tert-OH is 1. The Kier molecular flexibility index (Phi) is 2.97. The Bertz CT molecular complexity index is 311. The Hall–Kier alpha value is -1.42. The van der Waals surface area contributed by atoms with Gasteiger partial charge in [-0.3, -0.25) is 0 Å². The van der Waals surface area contributed by atoms with Crippen LogP contribution in [0.15, 0.2) is 18.2 Å². The van der Waals surface area contributed by atoms with Gasteiger partial charge in [0.2, 0.25) is 0 Å². The molecule has 0 aliphatic heterocycles. The summed E-state index contributed by atoms with van der Waals surface area (Å²) >= 11 is 0. The predicted molar refractivity (Wildman–Crippen MR) is 44.1 cm³/mol. The second kappa shape index (κ2) is 4.00. The number of benzene rings is 1. The molecule has 13 heavy (non-hydrogen) atoms. The number of phenolic OH excluding ortho intramolecular Hbond substituents is 1. The van der Waals surface area contributed by atoms with Gasteiger partial charge < -0.3 is 10.2 Å². The second-order valence-electron chi connectivity index (χ2n) is 2.41. The number of phenols is 1. The lowest BCUT2D eigenvalue weighted by Crippen LogP contribution is -1.88. The van der Waals surface area contributed by atoms with Crippen LogP contribution in [-0.4, -0.2) is 16.8 Å². The largest absolute Gasteiger partial charge is 0.508 e. The van der Waals surface area contributed by atoms with Gasteiger partial charge in [-0.15, -0.1) is 0 Å². The number of rotatable bonds is 2. The summed E-state index contributed by atoms with van der Waals surface area (Å²) in [5.74, 6) is -2.18. The van der Waals surface area contributed by atoms with Crippen molar-refractivity contribution in [2.24, 2.45) is 0 Å². The van der Waals surface area contributed by atoms with Crippen molar-refractivity contribution in [1.82, 2.24) is 0 Å². The Morgan fingerprint density at radius 2 is 1.77 bits per heavy atom. The fourth-order valence-corrected chi connectivity index (χ4v) is 0.901. The molecule has 1 aromatic carbocycles. The fourth-order valence-electron chi connectivity index (χ4n) is 0.901. The molecule has 0 radical (unpaired) electrons. The molecule has 0 aromatic heterocycles. The molecule has 1 rings (SSSR count). The standard InChI is InChI=1S/C9H8F2O2/c10-8-4-6(13)5-9(11)7(8)2-1-3-12/h1-2,4-5,12-13H,3H2. The Morgan fingerprint density at radius 1 is 1.23 bits per heavy atom. The van der Waals surface area contributed by atoms with Crippen LogP contribution in [0.5, 0.6) is 5.75 Å². The number of hydrogen-bond acceptors (Lipinski definition) is 2. The minimum absolute atomic E-state index is 0.271. The zero-order valence-electron chi connectivity index (χ0n) is 6.67. The molecule has 0 unspecified atom stereocenters. The first-order valence-corrected chi connectivity index (χ1v) is 3.60. The molecule has 2 nitrogen and oxygen atoms in total. The smallest absolute Gasteiger partial charge is 0.137 e. The van der Waals surface area contributed by atoms with Crippen molar-refractivity contribution in [1.29, 1.82) is 0 Å². The van der Waals surface area contributed by atoms with Gasteiger partial charge in [0.1, 0.15) is 17.4 Å². The summed E-state index contributed by atoms with van der Waals surface area (Å²) < 4.78 is 25.8. The molecule has 0 aliphatic rings. The van der Waals surface area contributed by atoms with Crippen LogP contribution in [0.2, 0.25) is 0 Å². The van der Waals surface area contributed by atoms with Gasteiger partial charge in [-0.25, -0.2) is 8.78 Å². The van der Waals surface area contributed by atoms with E-state index in [9.17, 15) is 8.78 Å². The Labute approximate surface area is 73.8 Å². The molecule has 0 bridgehead atoms. The number of aromatic hydroxyl groups is 1. The summed E-state index contributed by atoms with van der Waals surface area (Å²) in [7, 11) is 0. The highest BCUT2D eigenvalue weighted by Crippen LogP contribution is 2.20. The molecule has 1 aromatic rings. The van der Waals surface area contributed by atoms with Crippen molar-refractivity contribution < 1.29 is 19.0 Å². The summed E-state index contributed by atoms with van der Waals surface area (Å²) in [6, 6.07) is 1.61. The lowest BCUT2D eigenvalue weighted by atomic mass is 10.1. The van der Waals surface area contributed by atoms with E-state index in [4.69, 9.17) is 10.2 Å². The first-order valence-electron chi connectivity index (χ1n) is 3.60. The van der Waals surface area contributed by atoms with Gasteiger partial charge in [-0.1, -0.05) is 12.2 Å². The molecule has 0 atom stereocenters. The molecule has 4 heteroatoms. The van der Waals surface area contributed by atoms with Gasteiger partial charge >= 0.3 is 0 Å². The van der Waals surface area contributed by atoms with Crippen molar-refractivity contribution in [3.63, 3.8) is 0 Å². The third-order valence-electron chi connectivity index (χ3n) is 1.45. The van der Waals surface area contributed by atoms with Crippen LogP contribution in [0.4, 0.5) is 8.78 Å². The third kappa shape index (κ3) is 2.26. The molecule has 70 valence electrons. The summed E-state index contributed by atoms with van der Waals surface area (Å²) in [6.07, 6.45) is 2.32. The zero-order valence-corrected chi connectivity index (χ0v) is 6.67.